The monoisotopic (exact) mass is 369 g/mol. The smallest absolute Gasteiger partial charge is 0.321 e. The van der Waals surface area contributed by atoms with Crippen LogP contribution >= 0.6 is 11.6 Å². The first-order valence-corrected chi connectivity index (χ1v) is 8.26. The molecule has 25 heavy (non-hydrogen) atoms. The number of benzene rings is 1. The van der Waals surface area contributed by atoms with Gasteiger partial charge in [0.1, 0.15) is 11.5 Å². The molecule has 138 valence electrons. The lowest BCUT2D eigenvalue weighted by Crippen LogP contribution is -2.50. The van der Waals surface area contributed by atoms with Crippen LogP contribution in [-0.4, -0.2) is 46.9 Å². The van der Waals surface area contributed by atoms with Gasteiger partial charge in [0.05, 0.1) is 6.04 Å². The highest BCUT2D eigenvalue weighted by Gasteiger charge is 2.27. The summed E-state index contributed by atoms with van der Waals surface area (Å²) in [5.74, 6) is -1.59. The number of aliphatic carboxylic acids is 1. The molecule has 0 bridgehead atoms. The molecular formula is C16H24ClN5O3. The van der Waals surface area contributed by atoms with Crippen LogP contribution in [-0.2, 0) is 16.0 Å². The Kier molecular flexibility index (Phi) is 8.90. The molecule has 0 saturated carbocycles. The van der Waals surface area contributed by atoms with E-state index in [4.69, 9.17) is 28.8 Å². The Labute approximate surface area is 151 Å². The van der Waals surface area contributed by atoms with Crippen molar-refractivity contribution in [3.63, 3.8) is 0 Å². The van der Waals surface area contributed by atoms with Crippen LogP contribution in [0.5, 0.6) is 0 Å². The molecule has 0 saturated heterocycles. The average molecular weight is 370 g/mol. The van der Waals surface area contributed by atoms with Gasteiger partial charge in [-0.1, -0.05) is 41.9 Å². The fraction of sp³-hybridized carbons (Fsp3) is 0.438. The maximum atomic E-state index is 12.2. The highest BCUT2D eigenvalue weighted by molar-refractivity contribution is 6.31. The Morgan fingerprint density at radius 3 is 2.44 bits per heavy atom. The second kappa shape index (κ2) is 10.7. The number of aliphatic imine (C=N–C) groups is 1. The summed E-state index contributed by atoms with van der Waals surface area (Å²) in [5, 5.41) is 12.0. The number of carbonyl (C=O) groups is 2. The van der Waals surface area contributed by atoms with Gasteiger partial charge < -0.3 is 22.3 Å². The van der Waals surface area contributed by atoms with Gasteiger partial charge in [0, 0.05) is 6.54 Å². The largest absolute Gasteiger partial charge is 0.480 e. The van der Waals surface area contributed by atoms with E-state index in [1.807, 2.05) is 18.2 Å². The van der Waals surface area contributed by atoms with Crippen LogP contribution in [0.1, 0.15) is 18.4 Å². The van der Waals surface area contributed by atoms with Gasteiger partial charge in [0.25, 0.3) is 0 Å². The third-order valence-corrected chi connectivity index (χ3v) is 3.85. The topological polar surface area (TPSA) is 157 Å². The van der Waals surface area contributed by atoms with Crippen LogP contribution < -0.4 is 22.5 Å². The number of guanidine groups is 1. The van der Waals surface area contributed by atoms with Crippen LogP contribution in [0.15, 0.2) is 35.3 Å². The SMILES string of the molecule is NC(N)=NCCC[C@H](N)C(=O)C(Cl)N[C@H](Cc1ccccc1)C(=O)O. The first-order chi connectivity index (χ1) is 11.8. The molecule has 0 radical (unpaired) electrons. The Morgan fingerprint density at radius 1 is 1.24 bits per heavy atom. The molecule has 0 aromatic heterocycles. The summed E-state index contributed by atoms with van der Waals surface area (Å²) in [6, 6.07) is 7.24. The summed E-state index contributed by atoms with van der Waals surface area (Å²) in [4.78, 5) is 27.4. The maximum Gasteiger partial charge on any atom is 0.321 e. The molecule has 0 aliphatic rings. The molecule has 0 aliphatic carbocycles. The zero-order valence-corrected chi connectivity index (χ0v) is 14.5. The van der Waals surface area contributed by atoms with E-state index in [0.29, 0.717) is 19.4 Å². The van der Waals surface area contributed by atoms with Crippen LogP contribution in [0.2, 0.25) is 0 Å². The highest BCUT2D eigenvalue weighted by Crippen LogP contribution is 2.08. The van der Waals surface area contributed by atoms with Crippen molar-refractivity contribution in [2.75, 3.05) is 6.54 Å². The minimum Gasteiger partial charge on any atom is -0.480 e. The summed E-state index contributed by atoms with van der Waals surface area (Å²) in [7, 11) is 0. The van der Waals surface area contributed by atoms with E-state index < -0.39 is 29.3 Å². The molecule has 1 aromatic carbocycles. The van der Waals surface area contributed by atoms with Crippen molar-refractivity contribution < 1.29 is 14.7 Å². The number of carboxylic acids is 1. The van der Waals surface area contributed by atoms with E-state index in [0.717, 1.165) is 5.56 Å². The standard InChI is InChI=1S/C16H24ClN5O3/c17-14(13(23)11(18)7-4-8-21-16(19)20)22-12(15(24)25)9-10-5-2-1-3-6-10/h1-3,5-6,11-12,14,22H,4,7-9,18H2,(H,24,25)(H4,19,20,21)/t11-,12+,14?/m0/s1. The molecule has 1 rings (SSSR count). The molecule has 8 nitrogen and oxygen atoms in total. The molecule has 8 N–H and O–H groups in total. The van der Waals surface area contributed by atoms with Crippen molar-refractivity contribution in [2.24, 2.45) is 22.2 Å². The second-order valence-corrected chi connectivity index (χ2v) is 6.00. The second-order valence-electron chi connectivity index (χ2n) is 5.57. The minimum atomic E-state index is -1.19. The number of hydrogen-bond donors (Lipinski definition) is 5. The Bertz CT molecular complexity index is 593. The Morgan fingerprint density at radius 2 is 1.88 bits per heavy atom. The fourth-order valence-corrected chi connectivity index (χ4v) is 2.49. The lowest BCUT2D eigenvalue weighted by molar-refractivity contribution is -0.139. The van der Waals surface area contributed by atoms with Crippen molar-refractivity contribution in [2.45, 2.75) is 36.8 Å². The number of Topliss-reactive ketones (excluding diaryl/α,β-unsaturated/α-hetero) is 1. The van der Waals surface area contributed by atoms with E-state index in [-0.39, 0.29) is 12.4 Å². The van der Waals surface area contributed by atoms with Gasteiger partial charge in [-0.15, -0.1) is 0 Å². The van der Waals surface area contributed by atoms with Crippen molar-refractivity contribution in [1.82, 2.24) is 5.32 Å². The first kappa shape index (κ1) is 20.9. The summed E-state index contributed by atoms with van der Waals surface area (Å²) < 4.78 is 0. The fourth-order valence-electron chi connectivity index (χ4n) is 2.18. The molecule has 1 unspecified atom stereocenters. The summed E-state index contributed by atoms with van der Waals surface area (Å²) >= 11 is 6.02. The molecule has 1 aromatic rings. The quantitative estimate of drug-likeness (QED) is 0.119. The number of carbonyl (C=O) groups excluding carboxylic acids is 1. The van der Waals surface area contributed by atoms with Crippen LogP contribution in [0.25, 0.3) is 0 Å². The van der Waals surface area contributed by atoms with Crippen LogP contribution in [0, 0.1) is 0 Å². The molecular weight excluding hydrogens is 346 g/mol. The number of alkyl halides is 1. The number of nitrogens with one attached hydrogen (secondary N) is 1. The predicted octanol–water partition coefficient (Wildman–Crippen LogP) is -0.213. The number of hydrogen-bond acceptors (Lipinski definition) is 5. The van der Waals surface area contributed by atoms with Gasteiger partial charge in [-0.25, -0.2) is 0 Å². The van der Waals surface area contributed by atoms with Gasteiger partial charge in [-0.2, -0.15) is 0 Å². The van der Waals surface area contributed by atoms with Crippen molar-refractivity contribution in [3.8, 4) is 0 Å². The first-order valence-electron chi connectivity index (χ1n) is 7.82. The van der Waals surface area contributed by atoms with Gasteiger partial charge in [-0.3, -0.25) is 19.9 Å². The van der Waals surface area contributed by atoms with E-state index >= 15 is 0 Å². The number of ketones is 1. The molecule has 0 aliphatic heterocycles. The lowest BCUT2D eigenvalue weighted by Gasteiger charge is -2.20. The van der Waals surface area contributed by atoms with Crippen molar-refractivity contribution >= 4 is 29.3 Å². The van der Waals surface area contributed by atoms with E-state index in [1.165, 1.54) is 0 Å². The number of nitrogens with zero attached hydrogens (tertiary/aromatic N) is 1. The number of carboxylic acid groups (broad SMARTS) is 1. The Hall–Kier alpha value is -2.16. The molecule has 3 atom stereocenters. The third-order valence-electron chi connectivity index (χ3n) is 3.51. The lowest BCUT2D eigenvalue weighted by atomic mass is 10.0. The molecule has 0 amide bonds. The average Bonchev–Trinajstić information content (AvgIpc) is 2.57. The van der Waals surface area contributed by atoms with Gasteiger partial charge in [0.15, 0.2) is 11.7 Å². The minimum absolute atomic E-state index is 0.0259. The van der Waals surface area contributed by atoms with E-state index in [9.17, 15) is 14.7 Å². The van der Waals surface area contributed by atoms with Crippen molar-refractivity contribution in [3.05, 3.63) is 35.9 Å². The normalized spacial score (nSPS) is 14.3. The molecule has 0 fully saturated rings. The number of halogens is 1. The maximum absolute atomic E-state index is 12.2. The van der Waals surface area contributed by atoms with Gasteiger partial charge >= 0.3 is 5.97 Å². The third kappa shape index (κ3) is 7.97. The molecule has 0 spiro atoms. The zero-order chi connectivity index (χ0) is 18.8. The van der Waals surface area contributed by atoms with E-state index in [1.54, 1.807) is 12.1 Å². The summed E-state index contributed by atoms with van der Waals surface area (Å²) in [6.07, 6.45) is 1.06. The zero-order valence-electron chi connectivity index (χ0n) is 13.8. The van der Waals surface area contributed by atoms with Crippen molar-refractivity contribution in [1.29, 1.82) is 0 Å². The number of nitrogens with two attached hydrogens (primary N) is 3. The van der Waals surface area contributed by atoms with Crippen LogP contribution in [0.4, 0.5) is 0 Å². The van der Waals surface area contributed by atoms with Gasteiger partial charge in [-0.05, 0) is 24.8 Å². The predicted molar refractivity (Wildman–Crippen MR) is 97.2 cm³/mol. The molecule has 9 heteroatoms. The summed E-state index contributed by atoms with van der Waals surface area (Å²) in [6.45, 7) is 0.357. The number of rotatable bonds is 11. The highest BCUT2D eigenvalue weighted by atomic mass is 35.5. The Balaban J connectivity index is 2.54. The van der Waals surface area contributed by atoms with Crippen LogP contribution in [0.3, 0.4) is 0 Å². The van der Waals surface area contributed by atoms with Gasteiger partial charge in [0.2, 0.25) is 0 Å². The summed E-state index contributed by atoms with van der Waals surface area (Å²) in [5.41, 5.74) is 15.8. The van der Waals surface area contributed by atoms with E-state index in [2.05, 4.69) is 10.3 Å². The molecule has 0 heterocycles.